The standard InChI is InChI=1S/C13H14FO2/c1-4-11-5-12(9(2)8-14)7-13(6-11)16-10(3)15/h4-7H,1,8H2,2-3H3. The third-order valence-electron chi connectivity index (χ3n) is 2.12. The lowest BCUT2D eigenvalue weighted by Crippen LogP contribution is -2.04. The lowest BCUT2D eigenvalue weighted by Gasteiger charge is -2.10. The Bertz CT molecular complexity index is 399. The van der Waals surface area contributed by atoms with Gasteiger partial charge in [0.1, 0.15) is 5.75 Å². The quantitative estimate of drug-likeness (QED) is 0.576. The SMILES string of the molecule is C=Cc1cc(OC(C)=O)cc([C](C)CF)c1. The van der Waals surface area contributed by atoms with Crippen molar-refractivity contribution in [2.45, 2.75) is 13.8 Å². The van der Waals surface area contributed by atoms with E-state index < -0.39 is 12.6 Å². The molecule has 0 aliphatic rings. The normalized spacial score (nSPS) is 10.2. The number of hydrogen-bond donors (Lipinski definition) is 0. The van der Waals surface area contributed by atoms with Gasteiger partial charge in [0.25, 0.3) is 0 Å². The molecule has 0 atom stereocenters. The number of carbonyl (C=O) groups excluding carboxylic acids is 1. The number of halogens is 1. The maximum Gasteiger partial charge on any atom is 0.308 e. The van der Waals surface area contributed by atoms with Crippen molar-refractivity contribution in [1.29, 1.82) is 0 Å². The van der Waals surface area contributed by atoms with E-state index in [-0.39, 0.29) is 0 Å². The fourth-order valence-corrected chi connectivity index (χ4v) is 1.29. The predicted molar refractivity (Wildman–Crippen MR) is 61.8 cm³/mol. The van der Waals surface area contributed by atoms with Crippen LogP contribution >= 0.6 is 0 Å². The van der Waals surface area contributed by atoms with E-state index in [1.54, 1.807) is 31.2 Å². The predicted octanol–water partition coefficient (Wildman–Crippen LogP) is 3.17. The van der Waals surface area contributed by atoms with Crippen LogP contribution in [0.2, 0.25) is 0 Å². The van der Waals surface area contributed by atoms with Crippen molar-refractivity contribution < 1.29 is 13.9 Å². The molecule has 0 saturated heterocycles. The molecule has 0 spiro atoms. The minimum absolute atomic E-state index is 0.398. The molecule has 2 nitrogen and oxygen atoms in total. The van der Waals surface area contributed by atoms with Crippen molar-refractivity contribution in [1.82, 2.24) is 0 Å². The van der Waals surface area contributed by atoms with Crippen molar-refractivity contribution in [3.05, 3.63) is 41.8 Å². The van der Waals surface area contributed by atoms with Crippen LogP contribution in [0.15, 0.2) is 24.8 Å². The maximum atomic E-state index is 12.5. The van der Waals surface area contributed by atoms with E-state index in [0.29, 0.717) is 11.7 Å². The van der Waals surface area contributed by atoms with Crippen LogP contribution in [-0.4, -0.2) is 12.6 Å². The molecule has 0 bridgehead atoms. The van der Waals surface area contributed by atoms with Gasteiger partial charge in [0.15, 0.2) is 0 Å². The molecule has 0 saturated carbocycles. The van der Waals surface area contributed by atoms with Gasteiger partial charge in [-0.05, 0) is 23.3 Å². The van der Waals surface area contributed by atoms with E-state index in [1.165, 1.54) is 6.92 Å². The Kier molecular flexibility index (Phi) is 4.23. The van der Waals surface area contributed by atoms with Gasteiger partial charge in [-0.25, -0.2) is 0 Å². The van der Waals surface area contributed by atoms with Gasteiger partial charge < -0.3 is 4.74 Å². The van der Waals surface area contributed by atoms with Gasteiger partial charge in [0.2, 0.25) is 0 Å². The first kappa shape index (κ1) is 12.4. The first-order chi connectivity index (χ1) is 7.56. The Balaban J connectivity index is 3.09. The number of carbonyl (C=O) groups is 1. The maximum absolute atomic E-state index is 12.5. The van der Waals surface area contributed by atoms with Gasteiger partial charge >= 0.3 is 5.97 Å². The Morgan fingerprint density at radius 2 is 2.12 bits per heavy atom. The van der Waals surface area contributed by atoms with Crippen molar-refractivity contribution in [3.8, 4) is 5.75 Å². The highest BCUT2D eigenvalue weighted by molar-refractivity contribution is 5.70. The van der Waals surface area contributed by atoms with Crippen LogP contribution in [0.5, 0.6) is 5.75 Å². The first-order valence-electron chi connectivity index (χ1n) is 4.91. The largest absolute Gasteiger partial charge is 0.427 e. The molecule has 0 amide bonds. The van der Waals surface area contributed by atoms with E-state index >= 15 is 0 Å². The Morgan fingerprint density at radius 1 is 1.44 bits per heavy atom. The van der Waals surface area contributed by atoms with Crippen LogP contribution in [0.25, 0.3) is 6.08 Å². The summed E-state index contributed by atoms with van der Waals surface area (Å²) in [5, 5.41) is 0. The van der Waals surface area contributed by atoms with Crippen LogP contribution in [-0.2, 0) is 4.79 Å². The average molecular weight is 221 g/mol. The number of ether oxygens (including phenoxy) is 1. The van der Waals surface area contributed by atoms with Crippen LogP contribution < -0.4 is 4.74 Å². The topological polar surface area (TPSA) is 26.3 Å². The zero-order chi connectivity index (χ0) is 12.1. The van der Waals surface area contributed by atoms with Crippen molar-refractivity contribution >= 4 is 12.0 Å². The smallest absolute Gasteiger partial charge is 0.308 e. The van der Waals surface area contributed by atoms with E-state index in [2.05, 4.69) is 6.58 Å². The number of esters is 1. The molecule has 0 N–H and O–H groups in total. The summed E-state index contributed by atoms with van der Waals surface area (Å²) < 4.78 is 17.5. The molecule has 0 heterocycles. The summed E-state index contributed by atoms with van der Waals surface area (Å²) >= 11 is 0. The number of rotatable bonds is 4. The summed E-state index contributed by atoms with van der Waals surface area (Å²) in [6.07, 6.45) is 1.63. The Labute approximate surface area is 94.7 Å². The molecule has 0 fully saturated rings. The van der Waals surface area contributed by atoms with Gasteiger partial charge in [0, 0.05) is 12.8 Å². The summed E-state index contributed by atoms with van der Waals surface area (Å²) in [5.74, 6) is 0.606. The highest BCUT2D eigenvalue weighted by atomic mass is 19.1. The van der Waals surface area contributed by atoms with Crippen molar-refractivity contribution in [3.63, 3.8) is 0 Å². The van der Waals surface area contributed by atoms with Crippen molar-refractivity contribution in [2.75, 3.05) is 6.67 Å². The molecule has 3 heteroatoms. The van der Waals surface area contributed by atoms with E-state index in [1.807, 2.05) is 0 Å². The lowest BCUT2D eigenvalue weighted by atomic mass is 10.00. The molecule has 85 valence electrons. The molecular weight excluding hydrogens is 207 g/mol. The summed E-state index contributed by atoms with van der Waals surface area (Å²) in [6, 6.07) is 5.13. The second-order valence-corrected chi connectivity index (χ2v) is 3.50. The summed E-state index contributed by atoms with van der Waals surface area (Å²) in [4.78, 5) is 10.8. The second kappa shape index (κ2) is 5.45. The van der Waals surface area contributed by atoms with Crippen LogP contribution in [0.1, 0.15) is 25.0 Å². The Morgan fingerprint density at radius 3 is 2.62 bits per heavy atom. The summed E-state index contributed by atoms with van der Waals surface area (Å²) in [7, 11) is 0. The van der Waals surface area contributed by atoms with Crippen LogP contribution in [0.3, 0.4) is 0 Å². The van der Waals surface area contributed by atoms with E-state index in [0.717, 1.165) is 11.1 Å². The molecule has 1 rings (SSSR count). The average Bonchev–Trinajstić information content (AvgIpc) is 2.26. The van der Waals surface area contributed by atoms with Gasteiger partial charge in [-0.2, -0.15) is 0 Å². The zero-order valence-corrected chi connectivity index (χ0v) is 9.42. The molecule has 0 unspecified atom stereocenters. The van der Waals surface area contributed by atoms with E-state index in [4.69, 9.17) is 4.74 Å². The number of alkyl halides is 1. The molecule has 0 aromatic heterocycles. The van der Waals surface area contributed by atoms with Crippen LogP contribution in [0, 0.1) is 5.92 Å². The second-order valence-electron chi connectivity index (χ2n) is 3.50. The van der Waals surface area contributed by atoms with Gasteiger partial charge in [-0.1, -0.05) is 25.6 Å². The number of hydrogen-bond acceptors (Lipinski definition) is 2. The Hall–Kier alpha value is -1.64. The fourth-order valence-electron chi connectivity index (χ4n) is 1.29. The minimum atomic E-state index is -0.528. The molecule has 1 aromatic rings. The molecule has 1 aromatic carbocycles. The van der Waals surface area contributed by atoms with Gasteiger partial charge in [-0.15, -0.1) is 0 Å². The highest BCUT2D eigenvalue weighted by Crippen LogP contribution is 2.24. The summed E-state index contributed by atoms with van der Waals surface area (Å²) in [5.41, 5.74) is 1.51. The lowest BCUT2D eigenvalue weighted by molar-refractivity contribution is -0.131. The van der Waals surface area contributed by atoms with E-state index in [9.17, 15) is 9.18 Å². The van der Waals surface area contributed by atoms with Gasteiger partial charge in [0.05, 0.1) is 6.67 Å². The third kappa shape index (κ3) is 3.19. The number of benzene rings is 1. The molecule has 0 aliphatic carbocycles. The highest BCUT2D eigenvalue weighted by Gasteiger charge is 2.09. The summed E-state index contributed by atoms with van der Waals surface area (Å²) in [6.45, 7) is 6.13. The molecule has 0 aliphatic heterocycles. The van der Waals surface area contributed by atoms with Gasteiger partial charge in [-0.3, -0.25) is 9.18 Å². The van der Waals surface area contributed by atoms with Crippen molar-refractivity contribution in [2.24, 2.45) is 0 Å². The molecule has 1 radical (unpaired) electrons. The third-order valence-corrected chi connectivity index (χ3v) is 2.12. The minimum Gasteiger partial charge on any atom is -0.427 e. The molecule has 16 heavy (non-hydrogen) atoms. The monoisotopic (exact) mass is 221 g/mol. The molecular formula is C13H14FO2. The first-order valence-corrected chi connectivity index (χ1v) is 4.91. The fraction of sp³-hybridized carbons (Fsp3) is 0.231. The van der Waals surface area contributed by atoms with Crippen LogP contribution in [0.4, 0.5) is 4.39 Å². The zero-order valence-electron chi connectivity index (χ0n) is 9.42.